The first kappa shape index (κ1) is 15.7. The Balaban J connectivity index is 2.73. The van der Waals surface area contributed by atoms with Crippen molar-refractivity contribution >= 4 is 5.91 Å². The van der Waals surface area contributed by atoms with E-state index in [4.69, 9.17) is 0 Å². The minimum atomic E-state index is -0.375. The molecule has 0 aromatic heterocycles. The highest BCUT2D eigenvalue weighted by atomic mass is 16.3. The van der Waals surface area contributed by atoms with Gasteiger partial charge in [-0.3, -0.25) is 4.79 Å². The molecule has 0 bridgehead atoms. The Hall–Kier alpha value is -1.35. The molecule has 0 aliphatic carbocycles. The second kappa shape index (κ2) is 7.29. The number of allylic oxidation sites excluding steroid dienone is 4. The fraction of sp³-hybridized carbons (Fsp3) is 0.562. The lowest BCUT2D eigenvalue weighted by atomic mass is 10.0. The first-order valence-electron chi connectivity index (χ1n) is 6.94. The smallest absolute Gasteiger partial charge is 0.249 e. The van der Waals surface area contributed by atoms with Gasteiger partial charge >= 0.3 is 0 Å². The molecule has 1 atom stereocenters. The van der Waals surface area contributed by atoms with E-state index in [0.29, 0.717) is 18.0 Å². The van der Waals surface area contributed by atoms with Gasteiger partial charge in [-0.25, -0.2) is 0 Å². The molecule has 0 aromatic carbocycles. The predicted molar refractivity (Wildman–Crippen MR) is 78.7 cm³/mol. The molecule has 1 unspecified atom stereocenters. The van der Waals surface area contributed by atoms with Gasteiger partial charge in [0.2, 0.25) is 5.91 Å². The molecule has 3 heteroatoms. The Morgan fingerprint density at radius 1 is 1.42 bits per heavy atom. The first-order valence-corrected chi connectivity index (χ1v) is 6.94. The number of hydrogen-bond donors (Lipinski definition) is 1. The standard InChI is InChI=1S/C16H25NO2/c1-5-14(12(2)3)9-8-13(4)16(19)17-10-6-7-15(18)11-17/h5,8-9,12,15,18H,1,6-7,10-11H2,2-4H3/b13-8+,14-9+. The van der Waals surface area contributed by atoms with Gasteiger partial charge in [0.1, 0.15) is 0 Å². The van der Waals surface area contributed by atoms with Crippen molar-refractivity contribution < 1.29 is 9.90 Å². The number of amides is 1. The van der Waals surface area contributed by atoms with Crippen molar-refractivity contribution in [3.05, 3.63) is 36.0 Å². The van der Waals surface area contributed by atoms with Crippen molar-refractivity contribution in [3.63, 3.8) is 0 Å². The molecule has 3 nitrogen and oxygen atoms in total. The molecule has 0 aromatic rings. The van der Waals surface area contributed by atoms with Crippen LogP contribution in [0, 0.1) is 5.92 Å². The minimum absolute atomic E-state index is 0.0159. The molecular formula is C16H25NO2. The number of carbonyl (C=O) groups excluding carboxylic acids is 1. The maximum absolute atomic E-state index is 12.2. The number of β-amino-alcohol motifs (C(OH)–C–C–N with tert-alkyl or cyclic N) is 1. The molecule has 0 spiro atoms. The molecule has 1 N–H and O–H groups in total. The summed E-state index contributed by atoms with van der Waals surface area (Å²) in [5, 5.41) is 9.60. The molecule has 1 rings (SSSR count). The fourth-order valence-corrected chi connectivity index (χ4v) is 2.18. The average molecular weight is 263 g/mol. The van der Waals surface area contributed by atoms with E-state index in [2.05, 4.69) is 20.4 Å². The predicted octanol–water partition coefficient (Wildman–Crippen LogP) is 2.68. The second-order valence-corrected chi connectivity index (χ2v) is 5.42. The third-order valence-electron chi connectivity index (χ3n) is 3.45. The minimum Gasteiger partial charge on any atom is -0.391 e. The van der Waals surface area contributed by atoms with Gasteiger partial charge in [0, 0.05) is 18.7 Å². The summed E-state index contributed by atoms with van der Waals surface area (Å²) in [4.78, 5) is 13.9. The summed E-state index contributed by atoms with van der Waals surface area (Å²) >= 11 is 0. The van der Waals surface area contributed by atoms with Crippen LogP contribution in [0.4, 0.5) is 0 Å². The van der Waals surface area contributed by atoms with Crippen molar-refractivity contribution in [2.24, 2.45) is 5.92 Å². The van der Waals surface area contributed by atoms with E-state index in [1.807, 2.05) is 25.2 Å². The lowest BCUT2D eigenvalue weighted by Crippen LogP contribution is -2.42. The zero-order valence-electron chi connectivity index (χ0n) is 12.2. The van der Waals surface area contributed by atoms with E-state index >= 15 is 0 Å². The molecular weight excluding hydrogens is 238 g/mol. The van der Waals surface area contributed by atoms with Crippen molar-refractivity contribution in [3.8, 4) is 0 Å². The van der Waals surface area contributed by atoms with E-state index in [0.717, 1.165) is 25.0 Å². The van der Waals surface area contributed by atoms with E-state index in [-0.39, 0.29) is 12.0 Å². The summed E-state index contributed by atoms with van der Waals surface area (Å²) in [7, 11) is 0. The highest BCUT2D eigenvalue weighted by Gasteiger charge is 2.22. The summed E-state index contributed by atoms with van der Waals surface area (Å²) in [6.45, 7) is 11.0. The summed E-state index contributed by atoms with van der Waals surface area (Å²) in [6.07, 6.45) is 6.91. The van der Waals surface area contributed by atoms with Gasteiger partial charge in [0.05, 0.1) is 6.10 Å². The normalized spacial score (nSPS) is 21.7. The number of likely N-dealkylation sites (tertiary alicyclic amines) is 1. The van der Waals surface area contributed by atoms with Gasteiger partial charge in [-0.1, -0.05) is 38.7 Å². The number of hydrogen-bond acceptors (Lipinski definition) is 2. The topological polar surface area (TPSA) is 40.5 Å². The van der Waals surface area contributed by atoms with Gasteiger partial charge < -0.3 is 10.0 Å². The Morgan fingerprint density at radius 3 is 2.63 bits per heavy atom. The molecule has 106 valence electrons. The van der Waals surface area contributed by atoms with E-state index in [9.17, 15) is 9.90 Å². The maximum Gasteiger partial charge on any atom is 0.249 e. The molecule has 19 heavy (non-hydrogen) atoms. The number of aliphatic hydroxyl groups is 1. The quantitative estimate of drug-likeness (QED) is 0.626. The van der Waals surface area contributed by atoms with E-state index < -0.39 is 0 Å². The van der Waals surface area contributed by atoms with Crippen molar-refractivity contribution in [2.75, 3.05) is 13.1 Å². The monoisotopic (exact) mass is 263 g/mol. The van der Waals surface area contributed by atoms with Crippen LogP contribution in [-0.2, 0) is 4.79 Å². The summed E-state index contributed by atoms with van der Waals surface area (Å²) in [6, 6.07) is 0. The van der Waals surface area contributed by atoms with Crippen LogP contribution in [0.15, 0.2) is 36.0 Å². The third kappa shape index (κ3) is 4.67. The number of nitrogens with zero attached hydrogens (tertiary/aromatic N) is 1. The molecule has 0 saturated carbocycles. The molecule has 1 saturated heterocycles. The fourth-order valence-electron chi connectivity index (χ4n) is 2.18. The SMILES string of the molecule is C=C/C(=C\C=C(/C)C(=O)N1CCCC(O)C1)C(C)C. The van der Waals surface area contributed by atoms with Crippen molar-refractivity contribution in [1.82, 2.24) is 4.90 Å². The van der Waals surface area contributed by atoms with Crippen LogP contribution in [0.1, 0.15) is 33.6 Å². The zero-order chi connectivity index (χ0) is 14.4. The average Bonchev–Trinajstić information content (AvgIpc) is 2.38. The maximum atomic E-state index is 12.2. The largest absolute Gasteiger partial charge is 0.391 e. The molecule has 1 aliphatic rings. The van der Waals surface area contributed by atoms with Gasteiger partial charge in [0.25, 0.3) is 0 Å². The zero-order valence-corrected chi connectivity index (χ0v) is 12.2. The van der Waals surface area contributed by atoms with Crippen LogP contribution >= 0.6 is 0 Å². The summed E-state index contributed by atoms with van der Waals surface area (Å²) in [5.74, 6) is 0.413. The molecule has 1 fully saturated rings. The van der Waals surface area contributed by atoms with E-state index in [1.54, 1.807) is 4.90 Å². The first-order chi connectivity index (χ1) is 8.95. The van der Waals surface area contributed by atoms with Crippen LogP contribution in [-0.4, -0.2) is 35.1 Å². The van der Waals surface area contributed by atoms with Gasteiger partial charge in [-0.05, 0) is 31.3 Å². The van der Waals surface area contributed by atoms with Crippen LogP contribution in [0.5, 0.6) is 0 Å². The number of carbonyl (C=O) groups is 1. The molecule has 1 heterocycles. The van der Waals surface area contributed by atoms with Crippen LogP contribution in [0.25, 0.3) is 0 Å². The van der Waals surface area contributed by atoms with Crippen molar-refractivity contribution in [2.45, 2.75) is 39.7 Å². The van der Waals surface area contributed by atoms with Gasteiger partial charge in [-0.2, -0.15) is 0 Å². The Morgan fingerprint density at radius 2 is 2.11 bits per heavy atom. The van der Waals surface area contributed by atoms with E-state index in [1.165, 1.54) is 0 Å². The lowest BCUT2D eigenvalue weighted by molar-refractivity contribution is -0.130. The molecule has 0 radical (unpaired) electrons. The Labute approximate surface area is 116 Å². The van der Waals surface area contributed by atoms with Gasteiger partial charge in [-0.15, -0.1) is 0 Å². The Kier molecular flexibility index (Phi) is 6.03. The lowest BCUT2D eigenvalue weighted by Gasteiger charge is -2.30. The Bertz CT molecular complexity index is 394. The summed E-state index contributed by atoms with van der Waals surface area (Å²) < 4.78 is 0. The number of piperidine rings is 1. The number of aliphatic hydroxyl groups excluding tert-OH is 1. The molecule has 1 aliphatic heterocycles. The highest BCUT2D eigenvalue weighted by molar-refractivity contribution is 5.93. The summed E-state index contributed by atoms with van der Waals surface area (Å²) in [5.41, 5.74) is 1.82. The second-order valence-electron chi connectivity index (χ2n) is 5.42. The van der Waals surface area contributed by atoms with Crippen LogP contribution in [0.2, 0.25) is 0 Å². The molecule has 1 amide bonds. The highest BCUT2D eigenvalue weighted by Crippen LogP contribution is 2.14. The van der Waals surface area contributed by atoms with Crippen LogP contribution in [0.3, 0.4) is 0 Å². The van der Waals surface area contributed by atoms with Gasteiger partial charge in [0.15, 0.2) is 0 Å². The number of rotatable bonds is 4. The third-order valence-corrected chi connectivity index (χ3v) is 3.45. The van der Waals surface area contributed by atoms with Crippen LogP contribution < -0.4 is 0 Å². The van der Waals surface area contributed by atoms with Crippen molar-refractivity contribution in [1.29, 1.82) is 0 Å².